The minimum atomic E-state index is -0.325. The van der Waals surface area contributed by atoms with E-state index in [0.29, 0.717) is 41.7 Å². The largest absolute Gasteiger partial charge is 0.491 e. The molecule has 1 aliphatic heterocycles. The van der Waals surface area contributed by atoms with Crippen molar-refractivity contribution in [2.24, 2.45) is 10.8 Å². The van der Waals surface area contributed by atoms with Gasteiger partial charge in [0.05, 0.1) is 12.4 Å². The number of H-pyrrole nitrogens is 1. The molecule has 32 heavy (non-hydrogen) atoms. The Morgan fingerprint density at radius 3 is 2.72 bits per heavy atom. The van der Waals surface area contributed by atoms with Crippen molar-refractivity contribution in [2.45, 2.75) is 46.0 Å². The van der Waals surface area contributed by atoms with E-state index in [4.69, 9.17) is 15.0 Å². The van der Waals surface area contributed by atoms with Crippen LogP contribution in [0.2, 0.25) is 0 Å². The first-order valence-corrected chi connectivity index (χ1v) is 10.5. The van der Waals surface area contributed by atoms with Crippen molar-refractivity contribution in [2.75, 3.05) is 5.01 Å². The number of nitrogens with one attached hydrogen (secondary N) is 1. The number of furan rings is 1. The summed E-state index contributed by atoms with van der Waals surface area (Å²) in [6.07, 6.45) is 2.04. The smallest absolute Gasteiger partial charge is 0.343 e. The molecule has 1 unspecified atom stereocenters. The zero-order valence-electron chi connectivity index (χ0n) is 18.1. The third-order valence-corrected chi connectivity index (χ3v) is 5.40. The molecule has 10 nitrogen and oxygen atoms in total. The number of nitrogens with zero attached hydrogens (tertiary/aromatic N) is 5. The summed E-state index contributed by atoms with van der Waals surface area (Å²) in [5.41, 5.74) is 2.04. The van der Waals surface area contributed by atoms with Gasteiger partial charge >= 0.3 is 5.69 Å². The van der Waals surface area contributed by atoms with Crippen LogP contribution in [0.1, 0.15) is 37.8 Å². The normalized spacial score (nSPS) is 16.0. The monoisotopic (exact) mass is 435 g/mol. The third kappa shape index (κ3) is 3.38. The number of nitrogens with two attached hydrogens (primary N) is 1. The lowest BCUT2D eigenvalue weighted by Crippen LogP contribution is -2.43. The Morgan fingerprint density at radius 1 is 1.25 bits per heavy atom. The molecule has 1 aliphatic rings. The number of aryl methyl sites for hydroxylation is 2. The summed E-state index contributed by atoms with van der Waals surface area (Å²) < 4.78 is 14.5. The molecule has 3 N–H and O–H groups in total. The summed E-state index contributed by atoms with van der Waals surface area (Å²) in [6, 6.07) is 11.5. The van der Waals surface area contributed by atoms with Crippen LogP contribution in [-0.2, 0) is 13.0 Å². The second-order valence-corrected chi connectivity index (χ2v) is 8.04. The first-order chi connectivity index (χ1) is 15.4. The van der Waals surface area contributed by atoms with Crippen molar-refractivity contribution in [3.8, 4) is 5.75 Å². The Kier molecular flexibility index (Phi) is 4.86. The third-order valence-electron chi connectivity index (χ3n) is 5.40. The maximum Gasteiger partial charge on any atom is 0.343 e. The van der Waals surface area contributed by atoms with E-state index in [1.54, 1.807) is 21.4 Å². The number of hydrogen-bond acceptors (Lipinski definition) is 7. The Hall–Kier alpha value is -3.79. The average molecular weight is 435 g/mol. The quantitative estimate of drug-likeness (QED) is 0.449. The molecule has 0 saturated carbocycles. The van der Waals surface area contributed by atoms with Gasteiger partial charge in [0, 0.05) is 6.54 Å². The highest BCUT2D eigenvalue weighted by atomic mass is 16.5. The minimum Gasteiger partial charge on any atom is -0.491 e. The molecule has 0 aliphatic carbocycles. The Morgan fingerprint density at radius 2 is 2.03 bits per heavy atom. The van der Waals surface area contributed by atoms with Crippen molar-refractivity contribution in [1.82, 2.24) is 19.2 Å². The summed E-state index contributed by atoms with van der Waals surface area (Å²) in [4.78, 5) is 22.1. The fourth-order valence-electron chi connectivity index (χ4n) is 3.85. The number of anilines is 1. The summed E-state index contributed by atoms with van der Waals surface area (Å²) in [7, 11) is 0. The van der Waals surface area contributed by atoms with Gasteiger partial charge in [-0.2, -0.15) is 4.98 Å². The van der Waals surface area contributed by atoms with Crippen LogP contribution in [0, 0.1) is 0 Å². The summed E-state index contributed by atoms with van der Waals surface area (Å²) in [5.74, 6) is 8.66. The van der Waals surface area contributed by atoms with Gasteiger partial charge in [0.2, 0.25) is 5.78 Å². The SMILES string of the molecule is CC(C)Oc1ccc(CCn2c(=O)[nH]n3c4c(nc23)N(N)C(C)N=C4c2ccco2)cc1. The van der Waals surface area contributed by atoms with Gasteiger partial charge in [0.15, 0.2) is 11.6 Å². The molecule has 4 heterocycles. The van der Waals surface area contributed by atoms with E-state index in [-0.39, 0.29) is 18.0 Å². The van der Waals surface area contributed by atoms with Gasteiger partial charge in [-0.25, -0.2) is 20.3 Å². The zero-order valence-corrected chi connectivity index (χ0v) is 18.1. The van der Waals surface area contributed by atoms with Crippen LogP contribution < -0.4 is 21.3 Å². The van der Waals surface area contributed by atoms with Crippen molar-refractivity contribution in [3.63, 3.8) is 0 Å². The highest BCUT2D eigenvalue weighted by Crippen LogP contribution is 2.29. The molecule has 0 spiro atoms. The number of aromatic nitrogens is 4. The van der Waals surface area contributed by atoms with E-state index < -0.39 is 0 Å². The van der Waals surface area contributed by atoms with E-state index in [9.17, 15) is 4.79 Å². The van der Waals surface area contributed by atoms with Crippen LogP contribution in [0.3, 0.4) is 0 Å². The predicted molar refractivity (Wildman–Crippen MR) is 120 cm³/mol. The van der Waals surface area contributed by atoms with E-state index in [0.717, 1.165) is 11.3 Å². The molecule has 5 rings (SSSR count). The predicted octanol–water partition coefficient (Wildman–Crippen LogP) is 2.32. The molecule has 0 saturated heterocycles. The number of hydrogen-bond donors (Lipinski definition) is 2. The minimum absolute atomic E-state index is 0.124. The molecule has 4 aromatic rings. The Bertz CT molecular complexity index is 1330. The summed E-state index contributed by atoms with van der Waals surface area (Å²) >= 11 is 0. The highest BCUT2D eigenvalue weighted by molar-refractivity contribution is 6.14. The topological polar surface area (TPSA) is 119 Å². The molecule has 10 heteroatoms. The van der Waals surface area contributed by atoms with Gasteiger partial charge < -0.3 is 9.15 Å². The second kappa shape index (κ2) is 7.72. The standard InChI is InChI=1S/C22H25N7O3/c1-13(2)32-16-8-6-15(7-9-16)10-11-27-21-25-20-19(29(21)26-22(27)30)18(17-5-4-12-31-17)24-14(3)28(20)23/h4-9,12-14H,10-11,23H2,1-3H3,(H,26,30). The molecule has 1 atom stereocenters. The first-order valence-electron chi connectivity index (χ1n) is 10.5. The first kappa shape index (κ1) is 20.1. The molecule has 0 bridgehead atoms. The van der Waals surface area contributed by atoms with E-state index in [1.807, 2.05) is 51.1 Å². The average Bonchev–Trinajstić information content (AvgIpc) is 3.47. The van der Waals surface area contributed by atoms with Crippen LogP contribution in [0.15, 0.2) is 56.9 Å². The molecule has 1 aromatic carbocycles. The number of rotatable bonds is 6. The van der Waals surface area contributed by atoms with Crippen molar-refractivity contribution < 1.29 is 9.15 Å². The maximum atomic E-state index is 12.7. The maximum absolute atomic E-state index is 12.7. The van der Waals surface area contributed by atoms with Gasteiger partial charge in [0.1, 0.15) is 23.3 Å². The molecule has 3 aromatic heterocycles. The van der Waals surface area contributed by atoms with Gasteiger partial charge in [-0.05, 0) is 57.0 Å². The molecular weight excluding hydrogens is 410 g/mol. The lowest BCUT2D eigenvalue weighted by Gasteiger charge is -2.26. The van der Waals surface area contributed by atoms with Crippen molar-refractivity contribution in [3.05, 3.63) is 70.2 Å². The Labute approximate surface area is 183 Å². The van der Waals surface area contributed by atoms with E-state index in [2.05, 4.69) is 15.1 Å². The van der Waals surface area contributed by atoms with Gasteiger partial charge in [-0.1, -0.05) is 12.1 Å². The molecule has 0 fully saturated rings. The van der Waals surface area contributed by atoms with Crippen molar-refractivity contribution >= 4 is 17.3 Å². The lowest BCUT2D eigenvalue weighted by atomic mass is 10.1. The number of benzene rings is 1. The summed E-state index contributed by atoms with van der Waals surface area (Å²) in [5, 5.41) is 4.36. The molecule has 0 radical (unpaired) electrons. The van der Waals surface area contributed by atoms with Crippen LogP contribution in [0.5, 0.6) is 5.75 Å². The van der Waals surface area contributed by atoms with Gasteiger partial charge in [-0.15, -0.1) is 0 Å². The lowest BCUT2D eigenvalue weighted by molar-refractivity contribution is 0.242. The number of ether oxygens (including phenoxy) is 1. The second-order valence-electron chi connectivity index (χ2n) is 8.04. The molecule has 0 amide bonds. The van der Waals surface area contributed by atoms with Crippen LogP contribution in [-0.4, -0.2) is 37.1 Å². The molecule has 166 valence electrons. The highest BCUT2D eigenvalue weighted by Gasteiger charge is 2.32. The fourth-order valence-corrected chi connectivity index (χ4v) is 3.85. The van der Waals surface area contributed by atoms with Gasteiger partial charge in [0.25, 0.3) is 0 Å². The number of hydrazine groups is 1. The Balaban J connectivity index is 1.48. The fraction of sp³-hybridized carbons (Fsp3) is 0.318. The number of fused-ring (bicyclic) bond motifs is 3. The summed E-state index contributed by atoms with van der Waals surface area (Å²) in [6.45, 7) is 6.32. The zero-order chi connectivity index (χ0) is 22.4. The van der Waals surface area contributed by atoms with Crippen molar-refractivity contribution in [1.29, 1.82) is 0 Å². The van der Waals surface area contributed by atoms with Gasteiger partial charge in [-0.3, -0.25) is 14.6 Å². The van der Waals surface area contributed by atoms with Crippen LogP contribution >= 0.6 is 0 Å². The van der Waals surface area contributed by atoms with Crippen LogP contribution in [0.4, 0.5) is 5.82 Å². The van der Waals surface area contributed by atoms with E-state index in [1.165, 1.54) is 5.01 Å². The van der Waals surface area contributed by atoms with E-state index >= 15 is 0 Å². The number of aromatic amines is 1. The number of aliphatic imine (C=N–C) groups is 1. The number of imidazole rings is 1. The van der Waals surface area contributed by atoms with Crippen LogP contribution in [0.25, 0.3) is 5.78 Å². The molecular formula is C22H25N7O3.